The Kier molecular flexibility index (Phi) is 6.98. The number of pyridine rings is 3. The Labute approximate surface area is 198 Å². The number of anilines is 1. The number of hydrogen-bond acceptors (Lipinski definition) is 8. The molecule has 34 heavy (non-hydrogen) atoms. The van der Waals surface area contributed by atoms with Crippen LogP contribution in [0.4, 0.5) is 5.69 Å². The lowest BCUT2D eigenvalue weighted by atomic mass is 10.0. The highest BCUT2D eigenvalue weighted by Crippen LogP contribution is 2.29. The van der Waals surface area contributed by atoms with Crippen LogP contribution in [0, 0.1) is 11.3 Å². The van der Waals surface area contributed by atoms with E-state index in [1.165, 1.54) is 0 Å². The van der Waals surface area contributed by atoms with Crippen molar-refractivity contribution in [1.82, 2.24) is 14.5 Å². The zero-order valence-corrected chi connectivity index (χ0v) is 19.9. The molecule has 0 aliphatic carbocycles. The highest BCUT2D eigenvalue weighted by molar-refractivity contribution is 5.88. The molecular weight excluding hydrogens is 434 g/mol. The van der Waals surface area contributed by atoms with Crippen molar-refractivity contribution in [2.75, 3.05) is 24.6 Å². The van der Waals surface area contributed by atoms with Crippen LogP contribution >= 0.6 is 0 Å². The van der Waals surface area contributed by atoms with E-state index in [0.29, 0.717) is 60.2 Å². The fourth-order valence-corrected chi connectivity index (χ4v) is 4.17. The van der Waals surface area contributed by atoms with Gasteiger partial charge in [-0.05, 0) is 39.0 Å². The first kappa shape index (κ1) is 23.5. The first-order chi connectivity index (χ1) is 16.4. The third kappa shape index (κ3) is 4.97. The topological polar surface area (TPSA) is 103 Å². The van der Waals surface area contributed by atoms with Gasteiger partial charge in [-0.25, -0.2) is 9.97 Å². The van der Waals surface area contributed by atoms with Crippen molar-refractivity contribution in [3.63, 3.8) is 0 Å². The standard InChI is InChI=1S/C25H29N5O4/c1-5-32-22-15-30(11-10-21(22)34-23-9-7-18(14-27-23)33-16(2)3)20-12-24(31)29(4)19-8-6-17(13-26)28-25(19)20/h6-9,12,14,16,21-22H,5,10-11,15H2,1-4H3/t21-,22-/m1/s1. The normalized spacial score (nSPS) is 18.2. The van der Waals surface area contributed by atoms with E-state index in [2.05, 4.69) is 20.9 Å². The van der Waals surface area contributed by atoms with Gasteiger partial charge in [0, 0.05) is 45.3 Å². The van der Waals surface area contributed by atoms with Gasteiger partial charge in [-0.3, -0.25) is 4.79 Å². The average Bonchev–Trinajstić information content (AvgIpc) is 2.83. The Balaban J connectivity index is 1.58. The maximum atomic E-state index is 12.6. The van der Waals surface area contributed by atoms with Crippen LogP contribution in [0.2, 0.25) is 0 Å². The van der Waals surface area contributed by atoms with Gasteiger partial charge in [-0.2, -0.15) is 5.26 Å². The van der Waals surface area contributed by atoms with E-state index in [9.17, 15) is 10.1 Å². The Hall–Kier alpha value is -3.64. The lowest BCUT2D eigenvalue weighted by Gasteiger charge is -2.39. The number of nitriles is 1. The van der Waals surface area contributed by atoms with Crippen molar-refractivity contribution >= 4 is 16.7 Å². The summed E-state index contributed by atoms with van der Waals surface area (Å²) in [4.78, 5) is 23.6. The van der Waals surface area contributed by atoms with Crippen molar-refractivity contribution in [3.8, 4) is 17.7 Å². The predicted octanol–water partition coefficient (Wildman–Crippen LogP) is 3.05. The molecule has 0 spiro atoms. The maximum absolute atomic E-state index is 12.6. The minimum Gasteiger partial charge on any atom is -0.489 e. The van der Waals surface area contributed by atoms with E-state index in [-0.39, 0.29) is 23.9 Å². The van der Waals surface area contributed by atoms with E-state index >= 15 is 0 Å². The SMILES string of the molecule is CCO[C@@H]1CN(c2cc(=O)n(C)c3ccc(C#N)nc23)CC[C@H]1Oc1ccc(OC(C)C)cn1. The minimum atomic E-state index is -0.231. The van der Waals surface area contributed by atoms with E-state index < -0.39 is 0 Å². The number of rotatable bonds is 7. The number of nitrogens with zero attached hydrogens (tertiary/aromatic N) is 5. The molecule has 3 aromatic heterocycles. The molecule has 3 aromatic rings. The molecule has 9 nitrogen and oxygen atoms in total. The zero-order valence-electron chi connectivity index (χ0n) is 19.9. The Bertz CT molecular complexity index is 1250. The largest absolute Gasteiger partial charge is 0.489 e. The maximum Gasteiger partial charge on any atom is 0.252 e. The lowest BCUT2D eigenvalue weighted by molar-refractivity contribution is -0.0296. The Morgan fingerprint density at radius 2 is 2.06 bits per heavy atom. The summed E-state index contributed by atoms with van der Waals surface area (Å²) >= 11 is 0. The van der Waals surface area contributed by atoms with Crippen LogP contribution in [0.5, 0.6) is 11.6 Å². The quantitative estimate of drug-likeness (QED) is 0.527. The molecule has 178 valence electrons. The van der Waals surface area contributed by atoms with Crippen molar-refractivity contribution in [2.45, 2.75) is 45.5 Å². The molecular formula is C25H29N5O4. The number of hydrogen-bond donors (Lipinski definition) is 0. The van der Waals surface area contributed by atoms with E-state index in [4.69, 9.17) is 14.2 Å². The summed E-state index contributed by atoms with van der Waals surface area (Å²) in [6, 6.07) is 10.7. The molecule has 4 rings (SSSR count). The molecule has 0 N–H and O–H groups in total. The number of ether oxygens (including phenoxy) is 3. The molecule has 0 unspecified atom stereocenters. The summed E-state index contributed by atoms with van der Waals surface area (Å²) in [5.41, 5.74) is 2.18. The number of fused-ring (bicyclic) bond motifs is 1. The number of piperidine rings is 1. The predicted molar refractivity (Wildman–Crippen MR) is 128 cm³/mol. The first-order valence-electron chi connectivity index (χ1n) is 11.5. The van der Waals surface area contributed by atoms with Gasteiger partial charge in [0.15, 0.2) is 0 Å². The molecule has 2 atom stereocenters. The average molecular weight is 464 g/mol. The highest BCUT2D eigenvalue weighted by Gasteiger charge is 2.33. The molecule has 1 saturated heterocycles. The first-order valence-corrected chi connectivity index (χ1v) is 11.5. The summed E-state index contributed by atoms with van der Waals surface area (Å²) in [6.07, 6.45) is 1.98. The molecule has 0 radical (unpaired) electrons. The van der Waals surface area contributed by atoms with E-state index in [1.54, 1.807) is 42.1 Å². The fourth-order valence-electron chi connectivity index (χ4n) is 4.17. The van der Waals surface area contributed by atoms with Gasteiger partial charge in [0.05, 0.1) is 23.5 Å². The van der Waals surface area contributed by atoms with Gasteiger partial charge in [-0.1, -0.05) is 0 Å². The van der Waals surface area contributed by atoms with Crippen LogP contribution in [0.3, 0.4) is 0 Å². The van der Waals surface area contributed by atoms with Crippen LogP contribution in [-0.2, 0) is 11.8 Å². The van der Waals surface area contributed by atoms with Gasteiger partial charge in [0.1, 0.15) is 35.2 Å². The zero-order chi connectivity index (χ0) is 24.2. The third-order valence-electron chi connectivity index (χ3n) is 5.76. The van der Waals surface area contributed by atoms with Gasteiger partial charge in [0.2, 0.25) is 5.88 Å². The van der Waals surface area contributed by atoms with Crippen LogP contribution in [0.15, 0.2) is 41.3 Å². The summed E-state index contributed by atoms with van der Waals surface area (Å²) < 4.78 is 19.4. The van der Waals surface area contributed by atoms with E-state index in [1.807, 2.05) is 26.8 Å². The second-order valence-corrected chi connectivity index (χ2v) is 8.49. The van der Waals surface area contributed by atoms with Crippen molar-refractivity contribution in [2.24, 2.45) is 7.05 Å². The van der Waals surface area contributed by atoms with Crippen LogP contribution in [0.25, 0.3) is 11.0 Å². The molecule has 0 aromatic carbocycles. The van der Waals surface area contributed by atoms with Crippen LogP contribution in [-0.4, -0.2) is 52.5 Å². The number of aromatic nitrogens is 3. The smallest absolute Gasteiger partial charge is 0.252 e. The monoisotopic (exact) mass is 463 g/mol. The van der Waals surface area contributed by atoms with Crippen molar-refractivity contribution in [3.05, 3.63) is 52.6 Å². The summed E-state index contributed by atoms with van der Waals surface area (Å²) in [6.45, 7) is 7.57. The molecule has 0 bridgehead atoms. The van der Waals surface area contributed by atoms with Gasteiger partial charge >= 0.3 is 0 Å². The van der Waals surface area contributed by atoms with Gasteiger partial charge in [-0.15, -0.1) is 0 Å². The third-order valence-corrected chi connectivity index (χ3v) is 5.76. The van der Waals surface area contributed by atoms with Crippen molar-refractivity contribution < 1.29 is 14.2 Å². The lowest BCUT2D eigenvalue weighted by Crippen LogP contribution is -2.50. The highest BCUT2D eigenvalue weighted by atomic mass is 16.5. The molecule has 0 saturated carbocycles. The molecule has 9 heteroatoms. The molecule has 1 fully saturated rings. The molecule has 0 amide bonds. The molecule has 1 aliphatic heterocycles. The second-order valence-electron chi connectivity index (χ2n) is 8.49. The Morgan fingerprint density at radius 3 is 2.74 bits per heavy atom. The molecule has 4 heterocycles. The van der Waals surface area contributed by atoms with Crippen molar-refractivity contribution in [1.29, 1.82) is 5.26 Å². The second kappa shape index (κ2) is 10.1. The summed E-state index contributed by atoms with van der Waals surface area (Å²) in [5, 5.41) is 9.32. The van der Waals surface area contributed by atoms with E-state index in [0.717, 1.165) is 0 Å². The Morgan fingerprint density at radius 1 is 1.24 bits per heavy atom. The van der Waals surface area contributed by atoms with Gasteiger partial charge in [0.25, 0.3) is 5.56 Å². The minimum absolute atomic E-state index is 0.0739. The number of aryl methyl sites for hydroxylation is 1. The van der Waals surface area contributed by atoms with Crippen LogP contribution < -0.4 is 19.9 Å². The molecule has 1 aliphatic rings. The fraction of sp³-hybridized carbons (Fsp3) is 0.440. The van der Waals surface area contributed by atoms with Gasteiger partial charge < -0.3 is 23.7 Å². The van der Waals surface area contributed by atoms with Crippen LogP contribution in [0.1, 0.15) is 32.9 Å². The summed E-state index contributed by atoms with van der Waals surface area (Å²) in [7, 11) is 1.70. The summed E-state index contributed by atoms with van der Waals surface area (Å²) in [5.74, 6) is 1.21.